The molecule has 6 heteroatoms. The molecular formula is C18H18BrNO4. The summed E-state index contributed by atoms with van der Waals surface area (Å²) in [6.45, 7) is 3.06. The van der Waals surface area contributed by atoms with E-state index in [9.17, 15) is 4.79 Å². The summed E-state index contributed by atoms with van der Waals surface area (Å²) in [6.07, 6.45) is 0.948. The van der Waals surface area contributed by atoms with Crippen LogP contribution in [-0.2, 0) is 11.2 Å². The quantitative estimate of drug-likeness (QED) is 0.841. The first kappa shape index (κ1) is 16.6. The van der Waals surface area contributed by atoms with Crippen molar-refractivity contribution in [2.24, 2.45) is 0 Å². The van der Waals surface area contributed by atoms with Gasteiger partial charge in [0.15, 0.2) is 18.1 Å². The van der Waals surface area contributed by atoms with Crippen LogP contribution in [0.1, 0.15) is 12.5 Å². The predicted molar refractivity (Wildman–Crippen MR) is 95.1 cm³/mol. The fourth-order valence-electron chi connectivity index (χ4n) is 2.34. The summed E-state index contributed by atoms with van der Waals surface area (Å²) in [7, 11) is 0. The lowest BCUT2D eigenvalue weighted by molar-refractivity contribution is -0.118. The molecule has 126 valence electrons. The third kappa shape index (κ3) is 4.00. The van der Waals surface area contributed by atoms with Gasteiger partial charge in [0.1, 0.15) is 19.0 Å². The van der Waals surface area contributed by atoms with Crippen LogP contribution < -0.4 is 19.5 Å². The summed E-state index contributed by atoms with van der Waals surface area (Å²) in [4.78, 5) is 12.1. The average Bonchev–Trinajstić information content (AvgIpc) is 2.60. The van der Waals surface area contributed by atoms with Gasteiger partial charge in [-0.05, 0) is 52.2 Å². The van der Waals surface area contributed by atoms with E-state index in [4.69, 9.17) is 14.2 Å². The van der Waals surface area contributed by atoms with Crippen LogP contribution in [0.25, 0.3) is 0 Å². The number of carbonyl (C=O) groups is 1. The van der Waals surface area contributed by atoms with E-state index < -0.39 is 0 Å². The van der Waals surface area contributed by atoms with Crippen molar-refractivity contribution in [2.45, 2.75) is 13.3 Å². The highest BCUT2D eigenvalue weighted by Gasteiger charge is 2.13. The number of ether oxygens (including phenoxy) is 3. The van der Waals surface area contributed by atoms with E-state index in [-0.39, 0.29) is 12.5 Å². The molecule has 2 aromatic carbocycles. The second kappa shape index (κ2) is 7.57. The first-order chi connectivity index (χ1) is 11.7. The summed E-state index contributed by atoms with van der Waals surface area (Å²) in [5.74, 6) is 1.73. The molecule has 0 radical (unpaired) electrons. The highest BCUT2D eigenvalue weighted by molar-refractivity contribution is 9.10. The van der Waals surface area contributed by atoms with Crippen molar-refractivity contribution in [3.05, 3.63) is 46.4 Å². The van der Waals surface area contributed by atoms with Crippen molar-refractivity contribution in [1.29, 1.82) is 0 Å². The zero-order valence-electron chi connectivity index (χ0n) is 13.3. The standard InChI is InChI=1S/C18H18BrNO4/c1-2-12-3-5-15(14(19)9-12)24-11-18(21)20-13-4-6-16-17(10-13)23-8-7-22-16/h3-6,9-10H,2,7-8,11H2,1H3,(H,20,21). The van der Waals surface area contributed by atoms with E-state index in [0.717, 1.165) is 10.9 Å². The SMILES string of the molecule is CCc1ccc(OCC(=O)Nc2ccc3c(c2)OCCO3)c(Br)c1. The molecular weight excluding hydrogens is 374 g/mol. The van der Waals surface area contributed by atoms with Crippen molar-refractivity contribution >= 4 is 27.5 Å². The van der Waals surface area contributed by atoms with E-state index in [1.165, 1.54) is 5.56 Å². The Hall–Kier alpha value is -2.21. The highest BCUT2D eigenvalue weighted by Crippen LogP contribution is 2.32. The number of amides is 1. The van der Waals surface area contributed by atoms with E-state index in [1.807, 2.05) is 18.2 Å². The maximum absolute atomic E-state index is 12.1. The van der Waals surface area contributed by atoms with Crippen LogP contribution in [0.5, 0.6) is 17.2 Å². The van der Waals surface area contributed by atoms with Crippen LogP contribution in [0.3, 0.4) is 0 Å². The zero-order chi connectivity index (χ0) is 16.9. The van der Waals surface area contributed by atoms with Crippen LogP contribution in [0.15, 0.2) is 40.9 Å². The molecule has 0 unspecified atom stereocenters. The Labute approximate surface area is 149 Å². The maximum atomic E-state index is 12.1. The molecule has 2 aromatic rings. The van der Waals surface area contributed by atoms with Gasteiger partial charge in [-0.15, -0.1) is 0 Å². The maximum Gasteiger partial charge on any atom is 0.262 e. The Morgan fingerprint density at radius 3 is 2.71 bits per heavy atom. The zero-order valence-corrected chi connectivity index (χ0v) is 14.9. The minimum atomic E-state index is -0.238. The molecule has 0 aliphatic carbocycles. The monoisotopic (exact) mass is 391 g/mol. The Morgan fingerprint density at radius 2 is 1.96 bits per heavy atom. The first-order valence-corrected chi connectivity index (χ1v) is 8.55. The van der Waals surface area contributed by atoms with Crippen molar-refractivity contribution in [3.63, 3.8) is 0 Å². The molecule has 1 N–H and O–H groups in total. The normalized spacial score (nSPS) is 12.6. The van der Waals surface area contributed by atoms with Gasteiger partial charge in [0, 0.05) is 11.8 Å². The third-order valence-electron chi connectivity index (χ3n) is 3.59. The molecule has 1 aliphatic rings. The molecule has 0 atom stereocenters. The largest absolute Gasteiger partial charge is 0.486 e. The molecule has 5 nitrogen and oxygen atoms in total. The van der Waals surface area contributed by atoms with Crippen LogP contribution >= 0.6 is 15.9 Å². The fraction of sp³-hybridized carbons (Fsp3) is 0.278. The Kier molecular flexibility index (Phi) is 5.25. The molecule has 3 rings (SSSR count). The number of benzene rings is 2. The minimum Gasteiger partial charge on any atom is -0.486 e. The fourth-order valence-corrected chi connectivity index (χ4v) is 2.88. The second-order valence-corrected chi connectivity index (χ2v) is 6.17. The number of anilines is 1. The summed E-state index contributed by atoms with van der Waals surface area (Å²) in [5.41, 5.74) is 1.85. The molecule has 0 saturated heterocycles. The van der Waals surface area contributed by atoms with E-state index in [1.54, 1.807) is 18.2 Å². The molecule has 24 heavy (non-hydrogen) atoms. The molecule has 0 fully saturated rings. The Bertz CT molecular complexity index is 748. The number of hydrogen-bond acceptors (Lipinski definition) is 4. The molecule has 0 saturated carbocycles. The van der Waals surface area contributed by atoms with Crippen LogP contribution in [-0.4, -0.2) is 25.7 Å². The van der Waals surface area contributed by atoms with Crippen molar-refractivity contribution in [1.82, 2.24) is 0 Å². The molecule has 0 bridgehead atoms. The molecule has 0 spiro atoms. The third-order valence-corrected chi connectivity index (χ3v) is 4.21. The number of carbonyl (C=O) groups excluding carboxylic acids is 1. The van der Waals surface area contributed by atoms with E-state index in [2.05, 4.69) is 28.2 Å². The lowest BCUT2D eigenvalue weighted by Gasteiger charge is -2.19. The van der Waals surface area contributed by atoms with Gasteiger partial charge < -0.3 is 19.5 Å². The number of rotatable bonds is 5. The highest BCUT2D eigenvalue weighted by atomic mass is 79.9. The van der Waals surface area contributed by atoms with Crippen LogP contribution in [0, 0.1) is 0 Å². The van der Waals surface area contributed by atoms with Gasteiger partial charge >= 0.3 is 0 Å². The Morgan fingerprint density at radius 1 is 1.17 bits per heavy atom. The number of fused-ring (bicyclic) bond motifs is 1. The minimum absolute atomic E-state index is 0.0709. The van der Waals surface area contributed by atoms with Gasteiger partial charge in [-0.3, -0.25) is 4.79 Å². The van der Waals surface area contributed by atoms with Gasteiger partial charge in [-0.25, -0.2) is 0 Å². The van der Waals surface area contributed by atoms with Crippen molar-refractivity contribution in [2.75, 3.05) is 25.1 Å². The number of nitrogens with one attached hydrogen (secondary N) is 1. The smallest absolute Gasteiger partial charge is 0.262 e. The van der Waals surface area contributed by atoms with Crippen LogP contribution in [0.2, 0.25) is 0 Å². The molecule has 1 amide bonds. The summed E-state index contributed by atoms with van der Waals surface area (Å²) < 4.78 is 17.4. The number of halogens is 1. The van der Waals surface area contributed by atoms with Gasteiger partial charge in [-0.2, -0.15) is 0 Å². The van der Waals surface area contributed by atoms with Gasteiger partial charge in [0.25, 0.3) is 5.91 Å². The van der Waals surface area contributed by atoms with Crippen molar-refractivity contribution < 1.29 is 19.0 Å². The lowest BCUT2D eigenvalue weighted by atomic mass is 10.2. The van der Waals surface area contributed by atoms with E-state index in [0.29, 0.717) is 36.1 Å². The molecule has 1 aliphatic heterocycles. The topological polar surface area (TPSA) is 56.8 Å². The summed E-state index contributed by atoms with van der Waals surface area (Å²) >= 11 is 3.46. The summed E-state index contributed by atoms with van der Waals surface area (Å²) in [6, 6.07) is 11.1. The molecule has 0 aromatic heterocycles. The Balaban J connectivity index is 1.58. The van der Waals surface area contributed by atoms with Gasteiger partial charge in [0.05, 0.1) is 4.47 Å². The van der Waals surface area contributed by atoms with Crippen LogP contribution in [0.4, 0.5) is 5.69 Å². The first-order valence-electron chi connectivity index (χ1n) is 7.76. The average molecular weight is 392 g/mol. The van der Waals surface area contributed by atoms with Crippen molar-refractivity contribution in [3.8, 4) is 17.2 Å². The van der Waals surface area contributed by atoms with E-state index >= 15 is 0 Å². The lowest BCUT2D eigenvalue weighted by Crippen LogP contribution is -2.21. The summed E-state index contributed by atoms with van der Waals surface area (Å²) in [5, 5.41) is 2.79. The number of aryl methyl sites for hydroxylation is 1. The van der Waals surface area contributed by atoms with Gasteiger partial charge in [0.2, 0.25) is 0 Å². The predicted octanol–water partition coefficient (Wildman–Crippen LogP) is 3.80. The second-order valence-electron chi connectivity index (χ2n) is 5.31. The molecule has 1 heterocycles. The van der Waals surface area contributed by atoms with Gasteiger partial charge in [-0.1, -0.05) is 13.0 Å². The number of hydrogen-bond donors (Lipinski definition) is 1.